The van der Waals surface area contributed by atoms with E-state index in [1.54, 1.807) is 25.3 Å². The predicted octanol–water partition coefficient (Wildman–Crippen LogP) is 4.36. The minimum absolute atomic E-state index is 0.128. The van der Waals surface area contributed by atoms with Crippen molar-refractivity contribution < 1.29 is 19.1 Å². The van der Waals surface area contributed by atoms with E-state index in [4.69, 9.17) is 9.47 Å². The Hall–Kier alpha value is -3.02. The van der Waals surface area contributed by atoms with Gasteiger partial charge in [0.25, 0.3) is 0 Å². The third-order valence-corrected chi connectivity index (χ3v) is 5.26. The highest BCUT2D eigenvalue weighted by Gasteiger charge is 2.56. The van der Waals surface area contributed by atoms with Gasteiger partial charge in [0.1, 0.15) is 16.9 Å². The normalized spacial score (nSPS) is 14.7. The molecular formula is C23H28N2O4. The average molecular weight is 396 g/mol. The molecule has 6 nitrogen and oxygen atoms in total. The summed E-state index contributed by atoms with van der Waals surface area (Å²) < 4.78 is 10.5. The van der Waals surface area contributed by atoms with Gasteiger partial charge in [0, 0.05) is 11.8 Å². The van der Waals surface area contributed by atoms with Gasteiger partial charge in [0.2, 0.25) is 11.8 Å². The van der Waals surface area contributed by atoms with Crippen LogP contribution in [0.5, 0.6) is 11.5 Å². The first-order valence-electron chi connectivity index (χ1n) is 9.66. The maximum Gasteiger partial charge on any atom is 0.240 e. The Morgan fingerprint density at radius 1 is 0.897 bits per heavy atom. The molecule has 0 aromatic heterocycles. The first-order valence-corrected chi connectivity index (χ1v) is 9.66. The van der Waals surface area contributed by atoms with Crippen molar-refractivity contribution in [2.24, 2.45) is 5.41 Å². The maximum absolute atomic E-state index is 13.1. The van der Waals surface area contributed by atoms with Crippen molar-refractivity contribution in [3.63, 3.8) is 0 Å². The highest BCUT2D eigenvalue weighted by Crippen LogP contribution is 2.48. The summed E-state index contributed by atoms with van der Waals surface area (Å²) in [5.74, 6) is 0.478. The molecule has 2 N–H and O–H groups in total. The Balaban J connectivity index is 1.80. The van der Waals surface area contributed by atoms with Gasteiger partial charge in [-0.05, 0) is 42.0 Å². The summed E-state index contributed by atoms with van der Waals surface area (Å²) in [6.45, 7) is 6.27. The van der Waals surface area contributed by atoms with Gasteiger partial charge in [0.05, 0.1) is 19.9 Å². The van der Waals surface area contributed by atoms with Crippen LogP contribution in [0.2, 0.25) is 0 Å². The second-order valence-electron chi connectivity index (χ2n) is 8.35. The van der Waals surface area contributed by atoms with Crippen molar-refractivity contribution in [3.8, 4) is 11.5 Å². The molecule has 2 aromatic rings. The van der Waals surface area contributed by atoms with Crippen molar-refractivity contribution in [1.29, 1.82) is 0 Å². The van der Waals surface area contributed by atoms with E-state index in [1.165, 1.54) is 7.11 Å². The second-order valence-corrected chi connectivity index (χ2v) is 8.35. The van der Waals surface area contributed by atoms with E-state index in [1.807, 2.05) is 24.3 Å². The Bertz CT molecular complexity index is 927. The van der Waals surface area contributed by atoms with Crippen LogP contribution in [0.15, 0.2) is 42.5 Å². The smallest absolute Gasteiger partial charge is 0.240 e. The fourth-order valence-electron chi connectivity index (χ4n) is 3.32. The molecule has 0 unspecified atom stereocenters. The summed E-state index contributed by atoms with van der Waals surface area (Å²) in [6, 6.07) is 12.8. The van der Waals surface area contributed by atoms with Crippen LogP contribution in [-0.4, -0.2) is 26.0 Å². The molecule has 1 aliphatic rings. The van der Waals surface area contributed by atoms with Crippen LogP contribution in [0.4, 0.5) is 11.4 Å². The summed E-state index contributed by atoms with van der Waals surface area (Å²) in [5.41, 5.74) is 1.05. The molecule has 0 saturated heterocycles. The Labute approximate surface area is 171 Å². The molecular weight excluding hydrogens is 368 g/mol. The third-order valence-electron chi connectivity index (χ3n) is 5.26. The molecule has 2 amide bonds. The van der Waals surface area contributed by atoms with Crippen molar-refractivity contribution in [2.75, 3.05) is 24.9 Å². The fraction of sp³-hybridized carbons (Fsp3) is 0.391. The minimum atomic E-state index is -1.07. The topological polar surface area (TPSA) is 76.7 Å². The number of hydrogen-bond acceptors (Lipinski definition) is 4. The molecule has 1 saturated carbocycles. The number of hydrogen-bond donors (Lipinski definition) is 2. The lowest BCUT2D eigenvalue weighted by Crippen LogP contribution is -2.36. The SMILES string of the molecule is COc1ccc(OC)c(NC(=O)C2(C(=O)Nc3ccccc3C(C)(C)C)CC2)c1. The first-order chi connectivity index (χ1) is 13.7. The lowest BCUT2D eigenvalue weighted by atomic mass is 9.85. The molecule has 0 atom stereocenters. The van der Waals surface area contributed by atoms with E-state index in [9.17, 15) is 9.59 Å². The molecule has 29 heavy (non-hydrogen) atoms. The average Bonchev–Trinajstić information content (AvgIpc) is 3.49. The van der Waals surface area contributed by atoms with E-state index in [-0.39, 0.29) is 17.2 Å². The Morgan fingerprint density at radius 3 is 2.07 bits per heavy atom. The number of amides is 2. The monoisotopic (exact) mass is 396 g/mol. The maximum atomic E-state index is 13.1. The number of nitrogens with one attached hydrogen (secondary N) is 2. The van der Waals surface area contributed by atoms with E-state index in [0.717, 1.165) is 11.3 Å². The largest absolute Gasteiger partial charge is 0.497 e. The number of ether oxygens (including phenoxy) is 2. The number of benzene rings is 2. The van der Waals surface area contributed by atoms with Gasteiger partial charge in [0.15, 0.2) is 0 Å². The van der Waals surface area contributed by atoms with Crippen LogP contribution < -0.4 is 20.1 Å². The van der Waals surface area contributed by atoms with Crippen LogP contribution in [-0.2, 0) is 15.0 Å². The van der Waals surface area contributed by atoms with Crippen LogP contribution in [0, 0.1) is 5.41 Å². The third kappa shape index (κ3) is 4.21. The standard InChI is InChI=1S/C23H28N2O4/c1-22(2,3)16-8-6-7-9-17(16)24-20(26)23(12-13-23)21(27)25-18-14-15(28-4)10-11-19(18)29-5/h6-11,14H,12-13H2,1-5H3,(H,24,26)(H,25,27). The molecule has 0 radical (unpaired) electrons. The quantitative estimate of drug-likeness (QED) is 0.712. The van der Waals surface area contributed by atoms with Gasteiger partial charge < -0.3 is 20.1 Å². The van der Waals surface area contributed by atoms with E-state index in [2.05, 4.69) is 31.4 Å². The number of anilines is 2. The zero-order valence-electron chi connectivity index (χ0n) is 17.6. The lowest BCUT2D eigenvalue weighted by Gasteiger charge is -2.24. The summed E-state index contributed by atoms with van der Waals surface area (Å²) >= 11 is 0. The Kier molecular flexibility index (Phi) is 5.55. The molecule has 1 aliphatic carbocycles. The molecule has 2 aromatic carbocycles. The molecule has 154 valence electrons. The number of carbonyl (C=O) groups is 2. The van der Waals surface area contributed by atoms with Gasteiger partial charge in [-0.1, -0.05) is 39.0 Å². The molecule has 0 aliphatic heterocycles. The van der Waals surface area contributed by atoms with Crippen molar-refractivity contribution in [2.45, 2.75) is 39.0 Å². The van der Waals surface area contributed by atoms with Gasteiger partial charge in [-0.3, -0.25) is 9.59 Å². The van der Waals surface area contributed by atoms with Crippen LogP contribution in [0.3, 0.4) is 0 Å². The van der Waals surface area contributed by atoms with Crippen molar-refractivity contribution >= 4 is 23.2 Å². The molecule has 3 rings (SSSR count). The van der Waals surface area contributed by atoms with Crippen molar-refractivity contribution in [1.82, 2.24) is 0 Å². The number of rotatable bonds is 6. The zero-order chi connectivity index (χ0) is 21.2. The minimum Gasteiger partial charge on any atom is -0.497 e. The number of para-hydroxylation sites is 1. The van der Waals surface area contributed by atoms with E-state index in [0.29, 0.717) is 30.0 Å². The molecule has 0 heterocycles. The second kappa shape index (κ2) is 7.78. The highest BCUT2D eigenvalue weighted by atomic mass is 16.5. The number of carbonyl (C=O) groups excluding carboxylic acids is 2. The first kappa shape index (κ1) is 20.7. The summed E-state index contributed by atoms with van der Waals surface area (Å²) in [5, 5.41) is 5.83. The molecule has 0 bridgehead atoms. The summed E-state index contributed by atoms with van der Waals surface area (Å²) in [7, 11) is 3.08. The molecule has 6 heteroatoms. The van der Waals surface area contributed by atoms with Crippen LogP contribution in [0.25, 0.3) is 0 Å². The molecule has 1 fully saturated rings. The van der Waals surface area contributed by atoms with E-state index >= 15 is 0 Å². The Morgan fingerprint density at radius 2 is 1.52 bits per heavy atom. The predicted molar refractivity (Wildman–Crippen MR) is 114 cm³/mol. The van der Waals surface area contributed by atoms with Gasteiger partial charge in [-0.25, -0.2) is 0 Å². The lowest BCUT2D eigenvalue weighted by molar-refractivity contribution is -0.131. The zero-order valence-corrected chi connectivity index (χ0v) is 17.6. The number of methoxy groups -OCH3 is 2. The van der Waals surface area contributed by atoms with Gasteiger partial charge in [-0.2, -0.15) is 0 Å². The van der Waals surface area contributed by atoms with Gasteiger partial charge in [-0.15, -0.1) is 0 Å². The fourth-order valence-corrected chi connectivity index (χ4v) is 3.32. The van der Waals surface area contributed by atoms with Crippen molar-refractivity contribution in [3.05, 3.63) is 48.0 Å². The molecule has 0 spiro atoms. The van der Waals surface area contributed by atoms with Gasteiger partial charge >= 0.3 is 0 Å². The summed E-state index contributed by atoms with van der Waals surface area (Å²) in [6.07, 6.45) is 1.02. The van der Waals surface area contributed by atoms with Crippen LogP contribution >= 0.6 is 0 Å². The summed E-state index contributed by atoms with van der Waals surface area (Å²) in [4.78, 5) is 26.1. The highest BCUT2D eigenvalue weighted by molar-refractivity contribution is 6.17. The van der Waals surface area contributed by atoms with Crippen LogP contribution in [0.1, 0.15) is 39.2 Å². The van der Waals surface area contributed by atoms with E-state index < -0.39 is 5.41 Å².